The summed E-state index contributed by atoms with van der Waals surface area (Å²) in [7, 11) is 0. The van der Waals surface area contributed by atoms with E-state index in [1.807, 2.05) is 0 Å². The van der Waals surface area contributed by atoms with Crippen LogP contribution in [0.25, 0.3) is 0 Å². The fraction of sp³-hybridized carbons (Fsp3) is 0.506. The maximum absolute atomic E-state index is 15.8. The Bertz CT molecular complexity index is 3470. The molecule has 4 aliphatic carbocycles. The summed E-state index contributed by atoms with van der Waals surface area (Å²) in [4.78, 5) is 115. The average Bonchev–Trinajstić information content (AvgIpc) is 0.622. The predicted molar refractivity (Wildman–Crippen MR) is 356 cm³/mol. The minimum Gasteiger partial charge on any atom is -0.454 e. The molecule has 4 N–H and O–H groups in total. The van der Waals surface area contributed by atoms with Crippen molar-refractivity contribution >= 4 is 47.3 Å². The monoisotopic (exact) mass is 1290 g/mol. The number of unbranched alkanes of at least 4 members (excludes halogenated alkanes) is 2. The van der Waals surface area contributed by atoms with E-state index in [2.05, 4.69) is 81.7 Å². The summed E-state index contributed by atoms with van der Waals surface area (Å²) in [6.07, 6.45) is 15.1. The number of aliphatic hydroxyl groups is 2. The summed E-state index contributed by atoms with van der Waals surface area (Å²) in [5.74, 6) is -8.87. The Balaban J connectivity index is 0.990. The third-order valence-electron chi connectivity index (χ3n) is 20.4. The van der Waals surface area contributed by atoms with Gasteiger partial charge in [0.15, 0.2) is 23.3 Å². The van der Waals surface area contributed by atoms with E-state index < -0.39 is 136 Å². The van der Waals surface area contributed by atoms with Crippen LogP contribution in [0.2, 0.25) is 0 Å². The summed E-state index contributed by atoms with van der Waals surface area (Å²) in [6, 6.07) is 23.3. The predicted octanol–water partition coefficient (Wildman–Crippen LogP) is 12.5. The zero-order valence-corrected chi connectivity index (χ0v) is 56.4. The normalized spacial score (nSPS) is 27.6. The van der Waals surface area contributed by atoms with Crippen molar-refractivity contribution in [2.75, 3.05) is 13.2 Å². The number of hydrogen-bond acceptors (Lipinski definition) is 15. The van der Waals surface area contributed by atoms with Gasteiger partial charge in [-0.15, -0.1) is 0 Å². The molecular weight excluding hydrogens is 1190 g/mol. The van der Waals surface area contributed by atoms with E-state index in [1.54, 1.807) is 105 Å². The zero-order chi connectivity index (χ0) is 68.2. The van der Waals surface area contributed by atoms with Crippen LogP contribution in [0.5, 0.6) is 0 Å². The molecule has 0 radical (unpaired) electrons. The number of hydrogen-bond donors (Lipinski definition) is 4. The molecule has 504 valence electrons. The summed E-state index contributed by atoms with van der Waals surface area (Å²) in [5.41, 5.74) is -3.11. The van der Waals surface area contributed by atoms with Crippen LogP contribution in [-0.2, 0) is 52.5 Å². The van der Waals surface area contributed by atoms with Crippen molar-refractivity contribution in [2.45, 2.75) is 213 Å². The van der Waals surface area contributed by atoms with Gasteiger partial charge in [-0.1, -0.05) is 138 Å². The van der Waals surface area contributed by atoms with Crippen LogP contribution >= 0.6 is 0 Å². The smallest absolute Gasteiger partial charge is 0.350 e. The Morgan fingerprint density at radius 2 is 1.27 bits per heavy atom. The highest BCUT2D eigenvalue weighted by molar-refractivity contribution is 5.99. The van der Waals surface area contributed by atoms with E-state index in [9.17, 15) is 39.0 Å². The quantitative estimate of drug-likeness (QED) is 0.0154. The molecule has 0 bridgehead atoms. The van der Waals surface area contributed by atoms with Crippen LogP contribution in [0.4, 0.5) is 0 Å². The van der Waals surface area contributed by atoms with Crippen LogP contribution in [0.3, 0.4) is 0 Å². The Kier molecular flexibility index (Phi) is 23.8. The maximum atomic E-state index is 15.8. The molecule has 1 saturated heterocycles. The average molecular weight is 1290 g/mol. The number of aliphatic hydroxyl groups excluding tert-OH is 1. The van der Waals surface area contributed by atoms with Crippen molar-refractivity contribution in [1.29, 1.82) is 0 Å². The van der Waals surface area contributed by atoms with Gasteiger partial charge in [-0.2, -0.15) is 0 Å². The third kappa shape index (κ3) is 15.3. The molecule has 17 heteroatoms. The number of ketones is 2. The second kappa shape index (κ2) is 31.1. The fourth-order valence-corrected chi connectivity index (χ4v) is 15.3. The highest BCUT2D eigenvalue weighted by atomic mass is 16.6. The Hall–Kier alpha value is -7.86. The van der Waals surface area contributed by atoms with Crippen LogP contribution < -0.4 is 10.6 Å². The highest BCUT2D eigenvalue weighted by Gasteiger charge is 2.88. The van der Waals surface area contributed by atoms with Crippen molar-refractivity contribution in [3.8, 4) is 0 Å². The van der Waals surface area contributed by atoms with Crippen molar-refractivity contribution in [2.24, 2.45) is 22.7 Å². The number of benzene rings is 3. The van der Waals surface area contributed by atoms with Gasteiger partial charge in [0.25, 0.3) is 5.91 Å². The van der Waals surface area contributed by atoms with E-state index in [0.717, 1.165) is 64.7 Å². The summed E-state index contributed by atoms with van der Waals surface area (Å²) >= 11 is 0. The minimum atomic E-state index is -2.19. The number of fused-ring (bicyclic) bond motifs is 3. The molecule has 12 atom stereocenters. The lowest BCUT2D eigenvalue weighted by Crippen LogP contribution is -2.88. The van der Waals surface area contributed by atoms with Crippen molar-refractivity contribution in [3.05, 3.63) is 178 Å². The first kappa shape index (κ1) is 72.0. The maximum Gasteiger partial charge on any atom is 0.350 e. The molecule has 17 nitrogen and oxygen atoms in total. The van der Waals surface area contributed by atoms with E-state index in [-0.39, 0.29) is 41.7 Å². The molecule has 0 spiro atoms. The Labute approximate surface area is 553 Å². The number of amides is 2. The molecule has 8 rings (SSSR count). The molecule has 0 aromatic heterocycles. The minimum absolute atomic E-state index is 0.0679. The van der Waals surface area contributed by atoms with Crippen molar-refractivity contribution < 1.29 is 72.3 Å². The Morgan fingerprint density at radius 1 is 0.691 bits per heavy atom. The standard InChI is InChI=1S/C77H96N2O15/c1-49(2)29-26-32-52(5)34-27-33-50(3)30-18-13-11-12-14-19-31-51(4)35-28-44-78-63(84)42-43-64(85)92-68(66(57-38-22-16-23-39-57)79-71(87)58-40-24-17-25-41-58)72(88)94-77-47-76(89)59(45-60(82)56-36-20-15-21-37-56)69-73(9,61(83)46-62-75(69,48-90-62)93-55(8)81)70(86)67(91-54(7)80)65(53(77)6)74(76,77)10/h11-12,15-17,20-25,29-31,34,36-41,59,61-62,66-69,83,89H,13-14,18-19,26-28,32-33,35,42-48H2,1-10H3,(H,78,84)(H,79,87)/b12-11+,50-30+,51-31+,52-34+/t59?,61-,62+,66-,67+,68?,69-,73+,74+,75-,76+,77?/m0/s1. The van der Waals surface area contributed by atoms with Gasteiger partial charge in [0.1, 0.15) is 17.7 Å². The molecular formula is C77H96N2O15. The van der Waals surface area contributed by atoms with Gasteiger partial charge in [-0.25, -0.2) is 4.79 Å². The van der Waals surface area contributed by atoms with Crippen LogP contribution in [0, 0.1) is 22.7 Å². The van der Waals surface area contributed by atoms with Crippen LogP contribution in [-0.4, -0.2) is 112 Å². The van der Waals surface area contributed by atoms with Gasteiger partial charge >= 0.3 is 23.9 Å². The third-order valence-corrected chi connectivity index (χ3v) is 20.4. The summed E-state index contributed by atoms with van der Waals surface area (Å²) in [5, 5.41) is 32.1. The number of rotatable bonds is 31. The zero-order valence-electron chi connectivity index (χ0n) is 56.4. The molecule has 94 heavy (non-hydrogen) atoms. The number of carbonyl (C=O) groups excluding carboxylic acids is 8. The SMILES string of the molecule is CC(=O)O[C@H]1C(=O)[C@@]2(C)[C@H](C(CC(=O)c3ccccc3)[C@]3(O)CC4(OC(=O)C(OC(=O)CCC(=O)NCCC/C(C)=C/CC/C=C/CC/C=C(\C)CC/C=C(\C)CCC=C(C)C)[C@@H](NC(=O)c5ccccc5)c5ccccc5)C(C)=C1[C@@]43C)[C@]1(OC(C)=O)CO[C@@H]1C[C@@H]2O. The first-order valence-corrected chi connectivity index (χ1v) is 33.3. The number of allylic oxidation sites excluding steroid dienone is 10. The fourth-order valence-electron chi connectivity index (χ4n) is 15.3. The second-order valence-corrected chi connectivity index (χ2v) is 27.1. The van der Waals surface area contributed by atoms with E-state index in [0.29, 0.717) is 18.5 Å². The molecule has 1 aliphatic heterocycles. The molecule has 3 aromatic rings. The number of esters is 4. The number of nitrogens with one attached hydrogen (secondary N) is 2. The number of carbonyl (C=O) groups is 8. The highest BCUT2D eigenvalue weighted by Crippen LogP contribution is 2.79. The van der Waals surface area contributed by atoms with Gasteiger partial charge in [0, 0.05) is 69.0 Å². The number of ether oxygens (including phenoxy) is 5. The van der Waals surface area contributed by atoms with Crippen LogP contribution in [0.15, 0.2) is 161 Å². The van der Waals surface area contributed by atoms with E-state index in [1.165, 1.54) is 36.1 Å². The van der Waals surface area contributed by atoms with Crippen molar-refractivity contribution in [1.82, 2.24) is 10.6 Å². The van der Waals surface area contributed by atoms with Crippen molar-refractivity contribution in [3.63, 3.8) is 0 Å². The topological polar surface area (TPSA) is 247 Å². The largest absolute Gasteiger partial charge is 0.454 e. The van der Waals surface area contributed by atoms with Gasteiger partial charge in [-0.3, -0.25) is 33.6 Å². The first-order chi connectivity index (χ1) is 44.7. The molecule has 3 aromatic carbocycles. The van der Waals surface area contributed by atoms with Gasteiger partial charge in [-0.05, 0) is 148 Å². The molecule has 1 heterocycles. The molecule has 2 amide bonds. The first-order valence-electron chi connectivity index (χ1n) is 33.3. The summed E-state index contributed by atoms with van der Waals surface area (Å²) < 4.78 is 31.0. The Morgan fingerprint density at radius 3 is 1.84 bits per heavy atom. The lowest BCUT2D eigenvalue weighted by molar-refractivity contribution is -0.368. The van der Waals surface area contributed by atoms with Crippen LogP contribution in [0.1, 0.15) is 198 Å². The molecule has 3 saturated carbocycles. The molecule has 5 aliphatic rings. The molecule has 3 unspecified atom stereocenters. The lowest BCUT2D eigenvalue weighted by Gasteiger charge is -2.79. The van der Waals surface area contributed by atoms with Gasteiger partial charge in [0.05, 0.1) is 35.6 Å². The van der Waals surface area contributed by atoms with Gasteiger partial charge < -0.3 is 44.5 Å². The van der Waals surface area contributed by atoms with E-state index >= 15 is 9.59 Å². The molecule has 4 fully saturated rings. The number of Topliss-reactive ketones (excluding diaryl/α,β-unsaturated/α-hetero) is 2. The second-order valence-electron chi connectivity index (χ2n) is 27.1. The summed E-state index contributed by atoms with van der Waals surface area (Å²) in [6.45, 7) is 17.7. The van der Waals surface area contributed by atoms with E-state index in [4.69, 9.17) is 23.7 Å². The lowest BCUT2D eigenvalue weighted by atomic mass is 9.29. The van der Waals surface area contributed by atoms with Gasteiger partial charge in [0.2, 0.25) is 12.0 Å².